The van der Waals surface area contributed by atoms with Gasteiger partial charge in [0.2, 0.25) is 5.88 Å². The van der Waals surface area contributed by atoms with Gasteiger partial charge < -0.3 is 4.74 Å². The van der Waals surface area contributed by atoms with Gasteiger partial charge in [0.15, 0.2) is 0 Å². The fraction of sp³-hybridized carbons (Fsp3) is 0.263. The molecule has 0 bridgehead atoms. The first-order valence-corrected chi connectivity index (χ1v) is 9.18. The van der Waals surface area contributed by atoms with Gasteiger partial charge in [-0.3, -0.25) is 14.5 Å². The molecule has 0 spiro atoms. The van der Waals surface area contributed by atoms with Gasteiger partial charge in [-0.05, 0) is 38.0 Å². The minimum absolute atomic E-state index is 0.237. The van der Waals surface area contributed by atoms with E-state index in [-0.39, 0.29) is 11.8 Å². The Kier molecular flexibility index (Phi) is 4.16. The molecule has 1 aliphatic rings. The van der Waals surface area contributed by atoms with Gasteiger partial charge in [-0.15, -0.1) is 11.3 Å². The zero-order valence-electron chi connectivity index (χ0n) is 14.5. The van der Waals surface area contributed by atoms with E-state index in [2.05, 4.69) is 9.97 Å². The molecular formula is C19H17N3O3S. The van der Waals surface area contributed by atoms with Crippen LogP contribution in [0.15, 0.2) is 30.6 Å². The molecule has 132 valence electrons. The Morgan fingerprint density at radius 2 is 1.77 bits per heavy atom. The SMILES string of the molecule is Cc1sc2ncnc(OCCCN3C(=O)c4ccccc4C3=O)c2c1C. The second kappa shape index (κ2) is 6.49. The van der Waals surface area contributed by atoms with Crippen molar-refractivity contribution in [3.63, 3.8) is 0 Å². The van der Waals surface area contributed by atoms with Gasteiger partial charge in [0.05, 0.1) is 23.1 Å². The number of amides is 2. The lowest BCUT2D eigenvalue weighted by Gasteiger charge is -2.14. The number of imide groups is 1. The third-order valence-corrected chi connectivity index (χ3v) is 5.69. The first-order valence-electron chi connectivity index (χ1n) is 8.36. The zero-order chi connectivity index (χ0) is 18.3. The minimum atomic E-state index is -0.237. The second-order valence-corrected chi connectivity index (χ2v) is 7.35. The van der Waals surface area contributed by atoms with Crippen LogP contribution < -0.4 is 4.74 Å². The van der Waals surface area contributed by atoms with Crippen LogP contribution in [0.5, 0.6) is 5.88 Å². The quantitative estimate of drug-likeness (QED) is 0.511. The molecule has 2 aromatic heterocycles. The highest BCUT2D eigenvalue weighted by Gasteiger charge is 2.34. The van der Waals surface area contributed by atoms with Crippen LogP contribution in [0.3, 0.4) is 0 Å². The number of nitrogens with zero attached hydrogens (tertiary/aromatic N) is 3. The molecule has 1 aliphatic heterocycles. The van der Waals surface area contributed by atoms with Crippen LogP contribution >= 0.6 is 11.3 Å². The molecule has 0 fully saturated rings. The summed E-state index contributed by atoms with van der Waals surface area (Å²) in [5.41, 5.74) is 2.07. The number of fused-ring (bicyclic) bond motifs is 2. The molecule has 3 aromatic rings. The number of aromatic nitrogens is 2. The number of benzene rings is 1. The van der Waals surface area contributed by atoms with E-state index in [1.54, 1.807) is 35.6 Å². The highest BCUT2D eigenvalue weighted by atomic mass is 32.1. The predicted molar refractivity (Wildman–Crippen MR) is 98.8 cm³/mol. The fourth-order valence-electron chi connectivity index (χ4n) is 3.09. The van der Waals surface area contributed by atoms with Crippen LogP contribution in [-0.4, -0.2) is 39.8 Å². The Morgan fingerprint density at radius 1 is 1.08 bits per heavy atom. The summed E-state index contributed by atoms with van der Waals surface area (Å²) in [5.74, 6) is 0.0814. The van der Waals surface area contributed by atoms with E-state index in [1.165, 1.54) is 16.1 Å². The summed E-state index contributed by atoms with van der Waals surface area (Å²) in [7, 11) is 0. The number of aryl methyl sites for hydroxylation is 2. The summed E-state index contributed by atoms with van der Waals surface area (Å²) in [6.07, 6.45) is 2.04. The van der Waals surface area contributed by atoms with Crippen LogP contribution in [0, 0.1) is 13.8 Å². The number of ether oxygens (including phenoxy) is 1. The zero-order valence-corrected chi connectivity index (χ0v) is 15.3. The number of hydrogen-bond donors (Lipinski definition) is 0. The minimum Gasteiger partial charge on any atom is -0.477 e. The summed E-state index contributed by atoms with van der Waals surface area (Å²) in [6, 6.07) is 6.90. The maximum absolute atomic E-state index is 12.3. The number of thiophene rings is 1. The van der Waals surface area contributed by atoms with E-state index in [9.17, 15) is 9.59 Å². The lowest BCUT2D eigenvalue weighted by atomic mass is 10.1. The van der Waals surface area contributed by atoms with Crippen molar-refractivity contribution in [2.24, 2.45) is 0 Å². The van der Waals surface area contributed by atoms with E-state index >= 15 is 0 Å². The molecule has 0 atom stereocenters. The van der Waals surface area contributed by atoms with Crippen LogP contribution in [-0.2, 0) is 0 Å². The molecule has 26 heavy (non-hydrogen) atoms. The van der Waals surface area contributed by atoms with Crippen LogP contribution in [0.1, 0.15) is 37.6 Å². The molecule has 0 aliphatic carbocycles. The Balaban J connectivity index is 1.41. The monoisotopic (exact) mass is 367 g/mol. The molecule has 0 unspecified atom stereocenters. The largest absolute Gasteiger partial charge is 0.477 e. The smallest absolute Gasteiger partial charge is 0.261 e. The Labute approximate surface area is 154 Å². The van der Waals surface area contributed by atoms with Crippen molar-refractivity contribution in [3.8, 4) is 5.88 Å². The lowest BCUT2D eigenvalue weighted by molar-refractivity contribution is 0.0646. The van der Waals surface area contributed by atoms with Crippen molar-refractivity contribution in [2.75, 3.05) is 13.2 Å². The van der Waals surface area contributed by atoms with E-state index < -0.39 is 0 Å². The molecule has 6 nitrogen and oxygen atoms in total. The number of carbonyl (C=O) groups excluding carboxylic acids is 2. The number of rotatable bonds is 5. The van der Waals surface area contributed by atoms with Gasteiger partial charge in [0.25, 0.3) is 11.8 Å². The van der Waals surface area contributed by atoms with Gasteiger partial charge in [-0.2, -0.15) is 0 Å². The van der Waals surface area contributed by atoms with Gasteiger partial charge in [0.1, 0.15) is 11.2 Å². The molecule has 0 N–H and O–H groups in total. The summed E-state index contributed by atoms with van der Waals surface area (Å²) >= 11 is 1.62. The lowest BCUT2D eigenvalue weighted by Crippen LogP contribution is -2.31. The van der Waals surface area contributed by atoms with Gasteiger partial charge in [-0.1, -0.05) is 12.1 Å². The third-order valence-electron chi connectivity index (χ3n) is 4.57. The maximum atomic E-state index is 12.3. The summed E-state index contributed by atoms with van der Waals surface area (Å²) < 4.78 is 5.83. The van der Waals surface area contributed by atoms with Crippen molar-refractivity contribution >= 4 is 33.4 Å². The third kappa shape index (κ3) is 2.64. The second-order valence-electron chi connectivity index (χ2n) is 6.15. The van der Waals surface area contributed by atoms with Gasteiger partial charge in [0, 0.05) is 11.4 Å². The van der Waals surface area contributed by atoms with Crippen LogP contribution in [0.2, 0.25) is 0 Å². The molecule has 1 aromatic carbocycles. The van der Waals surface area contributed by atoms with Crippen molar-refractivity contribution < 1.29 is 14.3 Å². The van der Waals surface area contributed by atoms with E-state index in [0.717, 1.165) is 15.8 Å². The average Bonchev–Trinajstić information content (AvgIpc) is 3.07. The first-order chi connectivity index (χ1) is 12.6. The molecule has 0 saturated carbocycles. The average molecular weight is 367 g/mol. The number of hydrogen-bond acceptors (Lipinski definition) is 6. The Bertz CT molecular complexity index is 993. The fourth-order valence-corrected chi connectivity index (χ4v) is 4.08. The topological polar surface area (TPSA) is 72.4 Å². The van der Waals surface area contributed by atoms with E-state index in [4.69, 9.17) is 4.74 Å². The molecule has 2 amide bonds. The summed E-state index contributed by atoms with van der Waals surface area (Å²) in [6.45, 7) is 4.77. The van der Waals surface area contributed by atoms with Crippen molar-refractivity contribution in [1.29, 1.82) is 0 Å². The van der Waals surface area contributed by atoms with Crippen molar-refractivity contribution in [2.45, 2.75) is 20.3 Å². The van der Waals surface area contributed by atoms with Gasteiger partial charge in [-0.25, -0.2) is 9.97 Å². The predicted octanol–water partition coefficient (Wildman–Crippen LogP) is 3.37. The van der Waals surface area contributed by atoms with Gasteiger partial charge >= 0.3 is 0 Å². The molecule has 3 heterocycles. The standard InChI is InChI=1S/C19H17N3O3S/c1-11-12(2)26-17-15(11)16(20-10-21-17)25-9-5-8-22-18(23)13-6-3-4-7-14(13)19(22)24/h3-4,6-7,10H,5,8-9H2,1-2H3. The van der Waals surface area contributed by atoms with E-state index in [1.807, 2.05) is 13.8 Å². The Morgan fingerprint density at radius 3 is 2.46 bits per heavy atom. The van der Waals surface area contributed by atoms with Crippen molar-refractivity contribution in [3.05, 3.63) is 52.2 Å². The summed E-state index contributed by atoms with van der Waals surface area (Å²) in [4.78, 5) is 36.6. The number of carbonyl (C=O) groups is 2. The molecule has 0 saturated heterocycles. The van der Waals surface area contributed by atoms with Crippen LogP contribution in [0.25, 0.3) is 10.2 Å². The highest BCUT2D eigenvalue weighted by molar-refractivity contribution is 7.18. The molecule has 0 radical (unpaired) electrons. The molecule has 7 heteroatoms. The molecule has 4 rings (SSSR count). The summed E-state index contributed by atoms with van der Waals surface area (Å²) in [5, 5.41) is 0.940. The van der Waals surface area contributed by atoms with Crippen LogP contribution in [0.4, 0.5) is 0 Å². The van der Waals surface area contributed by atoms with Crippen molar-refractivity contribution in [1.82, 2.24) is 14.9 Å². The highest BCUT2D eigenvalue weighted by Crippen LogP contribution is 2.33. The Hall–Kier alpha value is -2.80. The molecular weight excluding hydrogens is 350 g/mol. The normalized spacial score (nSPS) is 13.5. The first kappa shape index (κ1) is 16.7. The maximum Gasteiger partial charge on any atom is 0.261 e. The van der Waals surface area contributed by atoms with E-state index in [0.29, 0.717) is 36.6 Å².